The summed E-state index contributed by atoms with van der Waals surface area (Å²) in [5.74, 6) is 0.353. The van der Waals surface area contributed by atoms with Gasteiger partial charge in [-0.2, -0.15) is 0 Å². The lowest BCUT2D eigenvalue weighted by Crippen LogP contribution is -2.29. The Morgan fingerprint density at radius 2 is 1.82 bits per heavy atom. The number of ketones is 1. The van der Waals surface area contributed by atoms with E-state index in [4.69, 9.17) is 14.2 Å². The summed E-state index contributed by atoms with van der Waals surface area (Å²) in [5.41, 5.74) is 2.60. The molecule has 4 rings (SSSR count). The van der Waals surface area contributed by atoms with Gasteiger partial charge in [-0.1, -0.05) is 26.0 Å². The largest absolute Gasteiger partial charge is 0.507 e. The zero-order valence-corrected chi connectivity index (χ0v) is 22.9. The van der Waals surface area contributed by atoms with Crippen molar-refractivity contribution in [3.05, 3.63) is 88.8 Å². The summed E-state index contributed by atoms with van der Waals surface area (Å²) in [7, 11) is 1.53. The second-order valence-corrected chi connectivity index (χ2v) is 9.82. The van der Waals surface area contributed by atoms with E-state index in [1.54, 1.807) is 54.9 Å². The molecule has 2 heterocycles. The van der Waals surface area contributed by atoms with Crippen LogP contribution in [0, 0.1) is 12.8 Å². The highest BCUT2D eigenvalue weighted by Gasteiger charge is 2.46. The Labute approximate surface area is 228 Å². The molecule has 39 heavy (non-hydrogen) atoms. The minimum Gasteiger partial charge on any atom is -0.507 e. The third-order valence-corrected chi connectivity index (χ3v) is 6.44. The third-order valence-electron chi connectivity index (χ3n) is 6.44. The first-order valence-corrected chi connectivity index (χ1v) is 13.0. The molecular formula is C31H34N2O6. The van der Waals surface area contributed by atoms with Crippen LogP contribution in [0.2, 0.25) is 0 Å². The average Bonchev–Trinajstić information content (AvgIpc) is 3.17. The lowest BCUT2D eigenvalue weighted by molar-refractivity contribution is -0.140. The van der Waals surface area contributed by atoms with Crippen molar-refractivity contribution in [1.29, 1.82) is 0 Å². The minimum absolute atomic E-state index is 0.00496. The number of carbonyl (C=O) groups is 2. The molecule has 0 aliphatic carbocycles. The Morgan fingerprint density at radius 3 is 2.46 bits per heavy atom. The van der Waals surface area contributed by atoms with E-state index in [9.17, 15) is 14.7 Å². The van der Waals surface area contributed by atoms with Crippen LogP contribution in [0.1, 0.15) is 49.1 Å². The molecule has 1 aliphatic heterocycles. The fraction of sp³-hybridized carbons (Fsp3) is 0.323. The van der Waals surface area contributed by atoms with Crippen LogP contribution in [0.15, 0.2) is 66.5 Å². The lowest BCUT2D eigenvalue weighted by Gasteiger charge is -2.26. The number of hydrogen-bond acceptors (Lipinski definition) is 7. The summed E-state index contributed by atoms with van der Waals surface area (Å²) in [4.78, 5) is 32.4. The molecule has 0 unspecified atom stereocenters. The summed E-state index contributed by atoms with van der Waals surface area (Å²) in [6, 6.07) is 13.2. The normalized spacial score (nSPS) is 16.6. The third kappa shape index (κ3) is 5.90. The quantitative estimate of drug-likeness (QED) is 0.211. The number of ether oxygens (including phenoxy) is 3. The Kier molecular flexibility index (Phi) is 8.54. The van der Waals surface area contributed by atoms with E-state index in [0.29, 0.717) is 47.5 Å². The predicted molar refractivity (Wildman–Crippen MR) is 148 cm³/mol. The molecule has 0 saturated carbocycles. The first-order valence-electron chi connectivity index (χ1n) is 13.0. The summed E-state index contributed by atoms with van der Waals surface area (Å²) in [5, 5.41) is 11.5. The molecule has 0 bridgehead atoms. The van der Waals surface area contributed by atoms with Crippen molar-refractivity contribution in [2.45, 2.75) is 40.3 Å². The monoisotopic (exact) mass is 530 g/mol. The second-order valence-electron chi connectivity index (χ2n) is 9.82. The molecule has 0 radical (unpaired) electrons. The molecule has 1 aliphatic rings. The van der Waals surface area contributed by atoms with Crippen molar-refractivity contribution < 1.29 is 28.9 Å². The van der Waals surface area contributed by atoms with Gasteiger partial charge in [0.1, 0.15) is 11.5 Å². The molecular weight excluding hydrogens is 496 g/mol. The fourth-order valence-electron chi connectivity index (χ4n) is 4.58. The van der Waals surface area contributed by atoms with Crippen LogP contribution in [-0.2, 0) is 16.1 Å². The van der Waals surface area contributed by atoms with Crippen LogP contribution < -0.4 is 14.2 Å². The maximum atomic E-state index is 13.5. The van der Waals surface area contributed by atoms with Crippen molar-refractivity contribution >= 4 is 17.4 Å². The Morgan fingerprint density at radius 1 is 1.05 bits per heavy atom. The van der Waals surface area contributed by atoms with Crippen LogP contribution in [0.4, 0.5) is 0 Å². The van der Waals surface area contributed by atoms with Gasteiger partial charge in [-0.05, 0) is 72.9 Å². The molecule has 1 N–H and O–H groups in total. The number of methoxy groups -OCH3 is 1. The minimum atomic E-state index is -0.855. The number of hydrogen-bond donors (Lipinski definition) is 1. The van der Waals surface area contributed by atoms with Crippen LogP contribution >= 0.6 is 0 Å². The lowest BCUT2D eigenvalue weighted by atomic mass is 9.94. The van der Waals surface area contributed by atoms with Gasteiger partial charge in [-0.3, -0.25) is 14.6 Å². The van der Waals surface area contributed by atoms with E-state index in [1.807, 2.05) is 19.9 Å². The van der Waals surface area contributed by atoms with Gasteiger partial charge in [0.05, 0.1) is 31.9 Å². The first kappa shape index (κ1) is 27.7. The Balaban J connectivity index is 1.83. The van der Waals surface area contributed by atoms with Gasteiger partial charge in [0.25, 0.3) is 11.7 Å². The predicted octanol–water partition coefficient (Wildman–Crippen LogP) is 5.45. The standard InChI is InChI=1S/C31H34N2O6/c1-6-38-25-12-9-22(15-26(25)37-5)28-27(30(35)31(36)33(28)17-21-8-7-13-32-16-21)29(34)23-10-11-24(20(4)14-23)39-18-19(2)3/h7-16,19,28,34H,6,17-18H2,1-5H3/b29-27+/t28-/m0/s1. The van der Waals surface area contributed by atoms with Gasteiger partial charge in [0.15, 0.2) is 11.5 Å². The number of pyridine rings is 1. The molecule has 1 aromatic heterocycles. The molecule has 1 saturated heterocycles. The van der Waals surface area contributed by atoms with Gasteiger partial charge < -0.3 is 24.2 Å². The summed E-state index contributed by atoms with van der Waals surface area (Å²) in [6.07, 6.45) is 3.29. The molecule has 8 heteroatoms. The number of aliphatic hydroxyl groups excluding tert-OH is 1. The van der Waals surface area contributed by atoms with Crippen molar-refractivity contribution in [3.63, 3.8) is 0 Å². The summed E-state index contributed by atoms with van der Waals surface area (Å²) in [6.45, 7) is 9.03. The Hall–Kier alpha value is -4.33. The summed E-state index contributed by atoms with van der Waals surface area (Å²) >= 11 is 0. The van der Waals surface area contributed by atoms with Crippen LogP contribution in [0.5, 0.6) is 17.2 Å². The van der Waals surface area contributed by atoms with Crippen molar-refractivity contribution in [2.75, 3.05) is 20.3 Å². The molecule has 3 aromatic rings. The number of aryl methyl sites for hydroxylation is 1. The maximum Gasteiger partial charge on any atom is 0.295 e. The fourth-order valence-corrected chi connectivity index (χ4v) is 4.58. The highest BCUT2D eigenvalue weighted by molar-refractivity contribution is 6.46. The van der Waals surface area contributed by atoms with Crippen LogP contribution in [0.25, 0.3) is 5.76 Å². The van der Waals surface area contributed by atoms with E-state index in [-0.39, 0.29) is 17.9 Å². The van der Waals surface area contributed by atoms with Crippen LogP contribution in [-0.4, -0.2) is 47.0 Å². The molecule has 1 amide bonds. The topological polar surface area (TPSA) is 98.2 Å². The Bertz CT molecular complexity index is 1380. The molecule has 204 valence electrons. The van der Waals surface area contributed by atoms with E-state index in [0.717, 1.165) is 11.1 Å². The van der Waals surface area contributed by atoms with E-state index in [2.05, 4.69) is 18.8 Å². The smallest absolute Gasteiger partial charge is 0.295 e. The highest BCUT2D eigenvalue weighted by atomic mass is 16.5. The molecule has 1 fully saturated rings. The number of aromatic nitrogens is 1. The summed E-state index contributed by atoms with van der Waals surface area (Å²) < 4.78 is 17.1. The van der Waals surface area contributed by atoms with Crippen molar-refractivity contribution in [3.8, 4) is 17.2 Å². The van der Waals surface area contributed by atoms with Crippen LogP contribution in [0.3, 0.4) is 0 Å². The second kappa shape index (κ2) is 12.0. The zero-order valence-electron chi connectivity index (χ0n) is 22.9. The average molecular weight is 531 g/mol. The van der Waals surface area contributed by atoms with Gasteiger partial charge >= 0.3 is 0 Å². The number of Topliss-reactive ketones (excluding diaryl/α,β-unsaturated/α-hetero) is 1. The van der Waals surface area contributed by atoms with Gasteiger partial charge in [-0.15, -0.1) is 0 Å². The highest BCUT2D eigenvalue weighted by Crippen LogP contribution is 2.43. The number of amides is 1. The zero-order chi connectivity index (χ0) is 28.1. The SMILES string of the molecule is CCOc1ccc([C@H]2/C(=C(\O)c3ccc(OCC(C)C)c(C)c3)C(=O)C(=O)N2Cc2cccnc2)cc1OC. The van der Waals surface area contributed by atoms with E-state index in [1.165, 1.54) is 12.0 Å². The number of aliphatic hydroxyl groups is 1. The molecule has 2 aromatic carbocycles. The van der Waals surface area contributed by atoms with Gasteiger partial charge in [0.2, 0.25) is 0 Å². The van der Waals surface area contributed by atoms with E-state index < -0.39 is 17.7 Å². The van der Waals surface area contributed by atoms with Crippen molar-refractivity contribution in [2.24, 2.45) is 5.92 Å². The first-order chi connectivity index (χ1) is 18.7. The maximum absolute atomic E-state index is 13.5. The van der Waals surface area contributed by atoms with Gasteiger partial charge in [-0.25, -0.2) is 0 Å². The number of benzene rings is 2. The van der Waals surface area contributed by atoms with E-state index >= 15 is 0 Å². The molecule has 0 spiro atoms. The number of carbonyl (C=O) groups excluding carboxylic acids is 2. The van der Waals surface area contributed by atoms with Crippen molar-refractivity contribution in [1.82, 2.24) is 9.88 Å². The number of nitrogens with zero attached hydrogens (tertiary/aromatic N) is 2. The number of rotatable bonds is 10. The molecule has 1 atom stereocenters. The molecule has 8 nitrogen and oxygen atoms in total. The van der Waals surface area contributed by atoms with Gasteiger partial charge in [0, 0.05) is 24.5 Å². The number of likely N-dealkylation sites (tertiary alicyclic amines) is 1.